The van der Waals surface area contributed by atoms with Gasteiger partial charge in [0.15, 0.2) is 5.16 Å². The number of fused-ring (bicyclic) bond motifs is 1. The number of hydrogen-bond donors (Lipinski definition) is 1. The second-order valence-corrected chi connectivity index (χ2v) is 5.59. The molecule has 0 aliphatic carbocycles. The van der Waals surface area contributed by atoms with Gasteiger partial charge in [-0.15, -0.1) is 5.10 Å². The van der Waals surface area contributed by atoms with Crippen LogP contribution in [-0.2, 0) is 12.8 Å². The van der Waals surface area contributed by atoms with Gasteiger partial charge in [0, 0.05) is 23.8 Å². The number of para-hydroxylation sites is 1. The highest BCUT2D eigenvalue weighted by atomic mass is 35.5. The van der Waals surface area contributed by atoms with E-state index < -0.39 is 0 Å². The summed E-state index contributed by atoms with van der Waals surface area (Å²) in [4.78, 5) is 15.7. The van der Waals surface area contributed by atoms with Crippen LogP contribution in [0.4, 0.5) is 0 Å². The minimum atomic E-state index is -0.227. The maximum Gasteiger partial charge on any atom is 0.343 e. The van der Waals surface area contributed by atoms with Crippen LogP contribution in [-0.4, -0.2) is 19.7 Å². The fourth-order valence-electron chi connectivity index (χ4n) is 1.84. The number of aromatic amines is 1. The van der Waals surface area contributed by atoms with Gasteiger partial charge in [-0.25, -0.2) is 14.9 Å². The second-order valence-electron chi connectivity index (χ2n) is 4.29. The molecule has 0 amide bonds. The van der Waals surface area contributed by atoms with Gasteiger partial charge in [-0.1, -0.05) is 41.6 Å². The summed E-state index contributed by atoms with van der Waals surface area (Å²) >= 11 is 7.63. The number of H-pyrrole nitrogens is 1. The normalized spacial score (nSPS) is 11.1. The minimum Gasteiger partial charge on any atom is -0.273 e. The maximum atomic E-state index is 11.3. The Kier molecular flexibility index (Phi) is 3.50. The first-order chi connectivity index (χ1) is 9.65. The molecule has 0 spiro atoms. The molecule has 7 heteroatoms. The van der Waals surface area contributed by atoms with E-state index in [4.69, 9.17) is 11.6 Å². The Morgan fingerprint density at radius 2 is 2.20 bits per heavy atom. The molecule has 3 aromatic rings. The summed E-state index contributed by atoms with van der Waals surface area (Å²) in [6.07, 6.45) is 0. The Morgan fingerprint density at radius 3 is 2.95 bits per heavy atom. The zero-order chi connectivity index (χ0) is 14.1. The molecule has 0 radical (unpaired) electrons. The standard InChI is InChI=1S/C13H11ClN4OS/c1-18-12(19)16-17-13(18)20-7-9-6-8-4-2-3-5-10(8)15-11(9)14/h2-6H,7H2,1H3,(H,16,19). The topological polar surface area (TPSA) is 63.6 Å². The van der Waals surface area contributed by atoms with Crippen LogP contribution in [0, 0.1) is 0 Å². The van der Waals surface area contributed by atoms with E-state index in [-0.39, 0.29) is 5.69 Å². The molecule has 0 unspecified atom stereocenters. The van der Waals surface area contributed by atoms with Crippen LogP contribution in [0.1, 0.15) is 5.56 Å². The number of nitrogens with one attached hydrogen (secondary N) is 1. The fourth-order valence-corrected chi connectivity index (χ4v) is 3.02. The molecular weight excluding hydrogens is 296 g/mol. The van der Waals surface area contributed by atoms with Gasteiger partial charge in [0.2, 0.25) is 0 Å². The number of thioether (sulfide) groups is 1. The Labute approximate surface area is 124 Å². The third-order valence-corrected chi connectivity index (χ3v) is 4.35. The zero-order valence-electron chi connectivity index (χ0n) is 10.6. The highest BCUT2D eigenvalue weighted by Gasteiger charge is 2.09. The minimum absolute atomic E-state index is 0.227. The molecule has 20 heavy (non-hydrogen) atoms. The summed E-state index contributed by atoms with van der Waals surface area (Å²) in [6, 6.07) is 9.83. The van der Waals surface area contributed by atoms with E-state index in [2.05, 4.69) is 15.2 Å². The summed E-state index contributed by atoms with van der Waals surface area (Å²) in [5, 5.41) is 8.50. The number of pyridine rings is 1. The predicted molar refractivity (Wildman–Crippen MR) is 80.1 cm³/mol. The molecule has 2 heterocycles. The summed E-state index contributed by atoms with van der Waals surface area (Å²) in [5.74, 6) is 0.606. The molecule has 0 aliphatic rings. The van der Waals surface area contributed by atoms with E-state index in [0.29, 0.717) is 16.1 Å². The first-order valence-electron chi connectivity index (χ1n) is 5.93. The fraction of sp³-hybridized carbons (Fsp3) is 0.154. The Bertz CT molecular complexity index is 827. The lowest BCUT2D eigenvalue weighted by atomic mass is 10.2. The van der Waals surface area contributed by atoms with Crippen molar-refractivity contribution in [3.05, 3.63) is 51.5 Å². The molecule has 0 aliphatic heterocycles. The highest BCUT2D eigenvalue weighted by Crippen LogP contribution is 2.26. The van der Waals surface area contributed by atoms with Gasteiger partial charge in [0.1, 0.15) is 5.15 Å². The maximum absolute atomic E-state index is 11.3. The van der Waals surface area contributed by atoms with Gasteiger partial charge < -0.3 is 0 Å². The van der Waals surface area contributed by atoms with Crippen LogP contribution in [0.2, 0.25) is 5.15 Å². The van der Waals surface area contributed by atoms with Crippen LogP contribution < -0.4 is 5.69 Å². The van der Waals surface area contributed by atoms with Gasteiger partial charge >= 0.3 is 5.69 Å². The average Bonchev–Trinajstić information content (AvgIpc) is 2.76. The number of rotatable bonds is 3. The van der Waals surface area contributed by atoms with Gasteiger partial charge in [-0.3, -0.25) is 4.57 Å². The lowest BCUT2D eigenvalue weighted by Gasteiger charge is -2.05. The van der Waals surface area contributed by atoms with Gasteiger partial charge in [0.05, 0.1) is 5.52 Å². The molecular formula is C13H11ClN4OS. The van der Waals surface area contributed by atoms with Crippen molar-refractivity contribution in [2.45, 2.75) is 10.9 Å². The summed E-state index contributed by atoms with van der Waals surface area (Å²) < 4.78 is 1.47. The van der Waals surface area contributed by atoms with E-state index >= 15 is 0 Å². The van der Waals surface area contributed by atoms with Crippen LogP contribution in [0.25, 0.3) is 10.9 Å². The van der Waals surface area contributed by atoms with E-state index in [0.717, 1.165) is 16.5 Å². The molecule has 1 N–H and O–H groups in total. The predicted octanol–water partition coefficient (Wildman–Crippen LogP) is 2.60. The summed E-state index contributed by atoms with van der Waals surface area (Å²) in [7, 11) is 1.68. The van der Waals surface area contributed by atoms with Crippen LogP contribution in [0.15, 0.2) is 40.3 Å². The number of aromatic nitrogens is 4. The number of benzene rings is 1. The molecule has 2 aromatic heterocycles. The van der Waals surface area contributed by atoms with E-state index in [1.54, 1.807) is 7.05 Å². The Morgan fingerprint density at radius 1 is 1.40 bits per heavy atom. The van der Waals surface area contributed by atoms with E-state index in [9.17, 15) is 4.79 Å². The molecule has 0 saturated carbocycles. The Balaban J connectivity index is 1.89. The van der Waals surface area contributed by atoms with Gasteiger partial charge in [-0.05, 0) is 12.1 Å². The summed E-state index contributed by atoms with van der Waals surface area (Å²) in [5.41, 5.74) is 1.57. The molecule has 3 rings (SSSR count). The average molecular weight is 307 g/mol. The molecule has 102 valence electrons. The molecule has 0 fully saturated rings. The molecule has 5 nitrogen and oxygen atoms in total. The molecule has 0 atom stereocenters. The van der Waals surface area contributed by atoms with Crippen molar-refractivity contribution < 1.29 is 0 Å². The zero-order valence-corrected chi connectivity index (χ0v) is 12.2. The third-order valence-electron chi connectivity index (χ3n) is 2.95. The largest absolute Gasteiger partial charge is 0.343 e. The monoisotopic (exact) mass is 306 g/mol. The molecule has 1 aromatic carbocycles. The van der Waals surface area contributed by atoms with Crippen molar-refractivity contribution in [2.24, 2.45) is 7.05 Å². The van der Waals surface area contributed by atoms with E-state index in [1.807, 2.05) is 30.3 Å². The van der Waals surface area contributed by atoms with Crippen molar-refractivity contribution in [3.8, 4) is 0 Å². The quantitative estimate of drug-likeness (QED) is 0.597. The highest BCUT2D eigenvalue weighted by molar-refractivity contribution is 7.98. The van der Waals surface area contributed by atoms with Crippen molar-refractivity contribution in [3.63, 3.8) is 0 Å². The van der Waals surface area contributed by atoms with Crippen molar-refractivity contribution in [1.82, 2.24) is 19.7 Å². The van der Waals surface area contributed by atoms with Crippen LogP contribution in [0.3, 0.4) is 0 Å². The van der Waals surface area contributed by atoms with Crippen LogP contribution in [0.5, 0.6) is 0 Å². The van der Waals surface area contributed by atoms with Gasteiger partial charge in [-0.2, -0.15) is 0 Å². The SMILES string of the molecule is Cn1c(SCc2cc3ccccc3nc2Cl)n[nH]c1=O. The van der Waals surface area contributed by atoms with Crippen molar-refractivity contribution in [1.29, 1.82) is 0 Å². The third kappa shape index (κ3) is 2.44. The molecule has 0 bridgehead atoms. The van der Waals surface area contributed by atoms with Crippen molar-refractivity contribution >= 4 is 34.3 Å². The lowest BCUT2D eigenvalue weighted by molar-refractivity contribution is 0.766. The Hall–Kier alpha value is -1.79. The number of halogens is 1. The number of nitrogens with zero attached hydrogens (tertiary/aromatic N) is 3. The lowest BCUT2D eigenvalue weighted by Crippen LogP contribution is -2.12. The first-order valence-corrected chi connectivity index (χ1v) is 7.30. The van der Waals surface area contributed by atoms with Crippen LogP contribution >= 0.6 is 23.4 Å². The smallest absolute Gasteiger partial charge is 0.273 e. The molecule has 0 saturated heterocycles. The summed E-state index contributed by atoms with van der Waals surface area (Å²) in [6.45, 7) is 0. The first kappa shape index (κ1) is 13.2. The van der Waals surface area contributed by atoms with Crippen molar-refractivity contribution in [2.75, 3.05) is 0 Å². The number of hydrogen-bond acceptors (Lipinski definition) is 4. The second kappa shape index (κ2) is 5.30. The van der Waals surface area contributed by atoms with Gasteiger partial charge in [0.25, 0.3) is 0 Å². The van der Waals surface area contributed by atoms with E-state index in [1.165, 1.54) is 16.3 Å².